The zero-order chi connectivity index (χ0) is 67.8. The monoisotopic (exact) mass is 1280 g/mol. The fourth-order valence-electron chi connectivity index (χ4n) is 10.6. The minimum atomic E-state index is 0.495. The van der Waals surface area contributed by atoms with E-state index in [1.807, 2.05) is 60.7 Å². The number of nitrogens with zero attached hydrogens (tertiary/aromatic N) is 8. The molecule has 0 aliphatic rings. The highest BCUT2D eigenvalue weighted by molar-refractivity contribution is 5.98. The van der Waals surface area contributed by atoms with Crippen LogP contribution in [-0.2, 0) is 51.9 Å². The van der Waals surface area contributed by atoms with E-state index in [-0.39, 0.29) is 0 Å². The van der Waals surface area contributed by atoms with Gasteiger partial charge >= 0.3 is 0 Å². The number of nitriles is 2. The number of methoxy groups -OCH3 is 6. The van der Waals surface area contributed by atoms with E-state index in [1.165, 1.54) is 38.9 Å². The Hall–Kier alpha value is -11.8. The van der Waals surface area contributed by atoms with Crippen LogP contribution in [0.4, 0.5) is 23.0 Å². The maximum atomic E-state index is 9.48. The Labute approximate surface area is 561 Å². The molecule has 0 unspecified atom stereocenters. The van der Waals surface area contributed by atoms with Gasteiger partial charge in [-0.3, -0.25) is 9.97 Å². The molecule has 0 spiro atoms. The molecule has 4 aromatic heterocycles. The lowest BCUT2D eigenvalue weighted by atomic mass is 10.1. The molecule has 0 saturated carbocycles. The van der Waals surface area contributed by atoms with Gasteiger partial charge in [-0.25, -0.2) is 19.9 Å². The number of hydrogen-bond acceptors (Lipinski definition) is 18. The van der Waals surface area contributed by atoms with E-state index in [0.717, 1.165) is 110 Å². The van der Waals surface area contributed by atoms with Gasteiger partial charge in [0, 0.05) is 72.3 Å². The molecule has 488 valence electrons. The molecule has 4 heterocycles. The first kappa shape index (κ1) is 68.6. The summed E-state index contributed by atoms with van der Waals surface area (Å²) in [5.74, 6) is 5.59. The number of nitrogens with one attached hydrogen (secondary N) is 4. The topological polar surface area (TPSA) is 228 Å². The first-order valence-corrected chi connectivity index (χ1v) is 31.7. The van der Waals surface area contributed by atoms with E-state index in [2.05, 4.69) is 188 Å². The van der Waals surface area contributed by atoms with Crippen LogP contribution in [0, 0.1) is 22.7 Å². The van der Waals surface area contributed by atoms with Crippen LogP contribution in [0.25, 0.3) is 43.6 Å². The van der Waals surface area contributed by atoms with Crippen molar-refractivity contribution in [2.75, 3.05) is 63.9 Å². The number of anilines is 4. The van der Waals surface area contributed by atoms with Gasteiger partial charge in [-0.15, -0.1) is 0 Å². The van der Waals surface area contributed by atoms with Crippen molar-refractivity contribution in [3.8, 4) is 46.6 Å². The molecule has 0 radical (unpaired) electrons. The van der Waals surface area contributed by atoms with E-state index < -0.39 is 0 Å². The summed E-state index contributed by atoms with van der Waals surface area (Å²) in [5.41, 5.74) is 15.8. The predicted molar refractivity (Wildman–Crippen MR) is 384 cm³/mol. The summed E-state index contributed by atoms with van der Waals surface area (Å²) >= 11 is 0. The molecule has 12 aromatic rings. The second-order valence-corrected chi connectivity index (χ2v) is 22.0. The normalized spacial score (nSPS) is 10.5. The fraction of sp³-hybridized carbons (Fsp3) is 0.231. The van der Waals surface area contributed by atoms with Crippen LogP contribution in [0.15, 0.2) is 183 Å². The lowest BCUT2D eigenvalue weighted by molar-refractivity contribution is 0.356. The molecule has 0 aliphatic carbocycles. The molecule has 0 amide bonds. The lowest BCUT2D eigenvalue weighted by Crippen LogP contribution is -2.03. The molecule has 12 rings (SSSR count). The molecule has 0 atom stereocenters. The first-order valence-electron chi connectivity index (χ1n) is 31.7. The van der Waals surface area contributed by atoms with Gasteiger partial charge in [0.15, 0.2) is 23.0 Å². The Kier molecular flexibility index (Phi) is 24.5. The van der Waals surface area contributed by atoms with Crippen molar-refractivity contribution in [2.24, 2.45) is 0 Å². The van der Waals surface area contributed by atoms with E-state index in [1.54, 1.807) is 67.7 Å². The molecule has 0 saturated heterocycles. The van der Waals surface area contributed by atoms with Crippen LogP contribution in [0.5, 0.6) is 34.5 Å². The second kappa shape index (κ2) is 34.2. The number of para-hydroxylation sites is 2. The zero-order valence-corrected chi connectivity index (χ0v) is 56.0. The molecule has 0 fully saturated rings. The average Bonchev–Trinajstić information content (AvgIpc) is 0.812. The number of benzene rings is 8. The van der Waals surface area contributed by atoms with Crippen LogP contribution < -0.4 is 49.7 Å². The third kappa shape index (κ3) is 17.1. The predicted octanol–water partition coefficient (Wildman–Crippen LogP) is 16.2. The summed E-state index contributed by atoms with van der Waals surface area (Å²) in [4.78, 5) is 26.1. The van der Waals surface area contributed by atoms with Crippen LogP contribution in [-0.4, -0.2) is 72.6 Å². The molecule has 18 heteroatoms. The third-order valence-corrected chi connectivity index (χ3v) is 16.3. The largest absolute Gasteiger partial charge is 0.494 e. The van der Waals surface area contributed by atoms with Gasteiger partial charge in [-0.1, -0.05) is 143 Å². The van der Waals surface area contributed by atoms with Crippen LogP contribution in [0.1, 0.15) is 83.3 Å². The van der Waals surface area contributed by atoms with Crippen molar-refractivity contribution in [1.29, 1.82) is 10.5 Å². The molecule has 18 nitrogen and oxygen atoms in total. The van der Waals surface area contributed by atoms with Crippen molar-refractivity contribution in [3.05, 3.63) is 238 Å². The quantitative estimate of drug-likeness (QED) is 0.0494. The van der Waals surface area contributed by atoms with Crippen molar-refractivity contribution < 1.29 is 28.4 Å². The van der Waals surface area contributed by atoms with Gasteiger partial charge in [0.25, 0.3) is 0 Å². The number of fused-ring (bicyclic) bond motifs is 4. The maximum absolute atomic E-state index is 9.48. The second-order valence-electron chi connectivity index (χ2n) is 22.0. The molecule has 0 aliphatic heterocycles. The first-order chi connectivity index (χ1) is 47.0. The molecule has 4 N–H and O–H groups in total. The van der Waals surface area contributed by atoms with Gasteiger partial charge < -0.3 is 49.7 Å². The number of hydrogen-bond donors (Lipinski definition) is 4. The van der Waals surface area contributed by atoms with Crippen molar-refractivity contribution in [1.82, 2.24) is 29.9 Å². The van der Waals surface area contributed by atoms with E-state index in [9.17, 15) is 10.5 Å². The van der Waals surface area contributed by atoms with Crippen molar-refractivity contribution in [2.45, 2.75) is 79.6 Å². The Morgan fingerprint density at radius 2 is 0.656 bits per heavy atom. The summed E-state index contributed by atoms with van der Waals surface area (Å²) in [7, 11) is 9.69. The lowest BCUT2D eigenvalue weighted by Gasteiger charge is -2.14. The highest BCUT2D eigenvalue weighted by atomic mass is 16.5. The number of aryl methyl sites for hydroxylation is 4. The summed E-state index contributed by atoms with van der Waals surface area (Å²) in [5, 5.41) is 36.0. The van der Waals surface area contributed by atoms with E-state index >= 15 is 0 Å². The van der Waals surface area contributed by atoms with E-state index in [4.69, 9.17) is 28.4 Å². The molecular formula is C78H80N12O6. The van der Waals surface area contributed by atoms with Crippen LogP contribution in [0.3, 0.4) is 0 Å². The summed E-state index contributed by atoms with van der Waals surface area (Å²) < 4.78 is 32.2. The minimum Gasteiger partial charge on any atom is -0.494 e. The zero-order valence-electron chi connectivity index (χ0n) is 56.0. The Bertz CT molecular complexity index is 4640. The summed E-state index contributed by atoms with van der Waals surface area (Å²) in [6, 6.07) is 57.6. The van der Waals surface area contributed by atoms with Gasteiger partial charge in [0.05, 0.1) is 76.2 Å². The minimum absolute atomic E-state index is 0.495. The third-order valence-electron chi connectivity index (χ3n) is 16.3. The summed E-state index contributed by atoms with van der Waals surface area (Å²) in [6.45, 7) is 11.3. The molecular weight excluding hydrogens is 1200 g/mol. The van der Waals surface area contributed by atoms with Crippen molar-refractivity contribution in [3.63, 3.8) is 0 Å². The highest BCUT2D eigenvalue weighted by Gasteiger charge is 2.16. The fourth-order valence-corrected chi connectivity index (χ4v) is 10.6. The Morgan fingerprint density at radius 1 is 0.323 bits per heavy atom. The number of rotatable bonds is 22. The summed E-state index contributed by atoms with van der Waals surface area (Å²) in [6.07, 6.45) is 10.4. The number of pyridine rings is 2. The highest BCUT2D eigenvalue weighted by Crippen LogP contribution is 2.38. The molecule has 0 bridgehead atoms. The van der Waals surface area contributed by atoms with Crippen LogP contribution in [0.2, 0.25) is 0 Å². The number of ether oxygens (including phenoxy) is 6. The maximum Gasteiger partial charge on any atom is 0.162 e. The van der Waals surface area contributed by atoms with Gasteiger partial charge in [-0.2, -0.15) is 10.5 Å². The Morgan fingerprint density at radius 3 is 1.07 bits per heavy atom. The van der Waals surface area contributed by atoms with Crippen molar-refractivity contribution >= 4 is 66.6 Å². The smallest absolute Gasteiger partial charge is 0.162 e. The average molecular weight is 1280 g/mol. The number of aromatic nitrogens is 6. The Balaban J connectivity index is 0.000000150. The van der Waals surface area contributed by atoms with Gasteiger partial charge in [0.1, 0.15) is 59.0 Å². The van der Waals surface area contributed by atoms with Gasteiger partial charge in [0.2, 0.25) is 0 Å². The standard InChI is InChI=1S/C21H21N3O2.C20H19N3O.C19H21N3O2.C18H19N3O/c1-4-14-5-7-15(8-6-14)12-24-21-16(11-22)13-23-18-10-20(26-3)19(25-2)9-17(18)21;1-3-14-7-9-15(10-8-14)12-22-19-16(11-21)13-23-20-17(19)5-4-6-18(20)24-2;1-4-13-5-7-14(8-6-13)11-20-19-15-9-17(23-2)18(24-3)10-16(15)21-12-22-19;1-3-13-7-9-14(10-8-13)11-19-18-15-5-4-6-16(22-2)17(15)20-12-21-18/h5-10,13H,4,12H2,1-3H3,(H,23,24);4-10,13H,3,12H2,1-2H3,(H,22,23);5-10,12H,4,11H2,1-3H3,(H,20,21,22);4-10,12H,3,11H2,1-2H3,(H,19,20,21). The van der Waals surface area contributed by atoms with Gasteiger partial charge in [-0.05, 0) is 101 Å². The van der Waals surface area contributed by atoms with Crippen LogP contribution >= 0.6 is 0 Å². The molecule has 96 heavy (non-hydrogen) atoms. The SMILES string of the molecule is CCc1ccc(CNc2c(C#N)cnc3c(OC)cccc23)cc1.CCc1ccc(CNc2c(C#N)cnc3cc(OC)c(OC)cc23)cc1.CCc1ccc(CNc2ncnc3c(OC)cccc23)cc1.CCc1ccc(CNc2ncnc3cc(OC)c(OC)cc23)cc1. The van der Waals surface area contributed by atoms with E-state index in [0.29, 0.717) is 59.5 Å². The molecule has 8 aromatic carbocycles.